The first kappa shape index (κ1) is 15.6. The maximum absolute atomic E-state index is 5.63. The molecule has 0 aliphatic carbocycles. The minimum atomic E-state index is -0.210. The van der Waals surface area contributed by atoms with E-state index >= 15 is 0 Å². The smallest absolute Gasteiger partial charge is 0.120 e. The van der Waals surface area contributed by atoms with Crippen LogP contribution in [-0.4, -0.2) is 5.60 Å². The van der Waals surface area contributed by atoms with Crippen LogP contribution in [0.15, 0.2) is 30.8 Å². The van der Waals surface area contributed by atoms with E-state index in [-0.39, 0.29) is 5.60 Å². The molecule has 2 heteroatoms. The maximum atomic E-state index is 5.63. The molecule has 0 bridgehead atoms. The van der Waals surface area contributed by atoms with Crippen LogP contribution in [0.25, 0.3) is 5.76 Å². The Balaban J connectivity index is 0.000000770. The first-order chi connectivity index (χ1) is 7.80. The van der Waals surface area contributed by atoms with Crippen LogP contribution in [0, 0.1) is 0 Å². The predicted octanol–water partition coefficient (Wildman–Crippen LogP) is 4.47. The van der Waals surface area contributed by atoms with Gasteiger partial charge in [-0.05, 0) is 45.0 Å². The number of nitrogen functional groups attached to an aromatic ring is 1. The molecule has 96 valence electrons. The summed E-state index contributed by atoms with van der Waals surface area (Å²) in [5.41, 5.74) is 7.09. The SMILES string of the molecule is C=C(OC(C)(C)C)c1ccc(N)cc1.CCC. The molecule has 0 saturated heterocycles. The van der Waals surface area contributed by atoms with E-state index in [9.17, 15) is 0 Å². The molecule has 0 aliphatic heterocycles. The minimum absolute atomic E-state index is 0.210. The van der Waals surface area contributed by atoms with Crippen molar-refractivity contribution in [2.24, 2.45) is 0 Å². The van der Waals surface area contributed by atoms with Crippen molar-refractivity contribution in [2.75, 3.05) is 5.73 Å². The lowest BCUT2D eigenvalue weighted by atomic mass is 10.1. The summed E-state index contributed by atoms with van der Waals surface area (Å²) in [6, 6.07) is 7.49. The average Bonchev–Trinajstić information content (AvgIpc) is 2.17. The zero-order chi connectivity index (χ0) is 13.5. The second-order valence-electron chi connectivity index (χ2n) is 4.97. The van der Waals surface area contributed by atoms with E-state index in [4.69, 9.17) is 10.5 Å². The van der Waals surface area contributed by atoms with E-state index in [0.717, 1.165) is 11.3 Å². The lowest BCUT2D eigenvalue weighted by Crippen LogP contribution is -2.17. The molecule has 0 spiro atoms. The lowest BCUT2D eigenvalue weighted by molar-refractivity contribution is 0.0976. The molecule has 0 aliphatic rings. The standard InChI is InChI=1S/C12H17NO.C3H8/c1-9(14-12(2,3)4)10-5-7-11(13)8-6-10;1-3-2/h5-8H,1,13H2,2-4H3;3H2,1-2H3. The summed E-state index contributed by atoms with van der Waals surface area (Å²) in [7, 11) is 0. The normalized spacial score (nSPS) is 10.2. The van der Waals surface area contributed by atoms with Crippen molar-refractivity contribution in [2.45, 2.75) is 46.6 Å². The number of benzene rings is 1. The summed E-state index contributed by atoms with van der Waals surface area (Å²) in [5.74, 6) is 0.678. The van der Waals surface area contributed by atoms with Gasteiger partial charge in [-0.2, -0.15) is 0 Å². The van der Waals surface area contributed by atoms with Crippen molar-refractivity contribution in [1.29, 1.82) is 0 Å². The van der Waals surface area contributed by atoms with Crippen LogP contribution >= 0.6 is 0 Å². The highest BCUT2D eigenvalue weighted by molar-refractivity contribution is 5.60. The number of ether oxygens (including phenoxy) is 1. The first-order valence-corrected chi connectivity index (χ1v) is 6.04. The summed E-state index contributed by atoms with van der Waals surface area (Å²) in [6.07, 6.45) is 1.25. The Hall–Kier alpha value is -1.44. The lowest BCUT2D eigenvalue weighted by Gasteiger charge is -2.22. The molecular formula is C15H25NO. The van der Waals surface area contributed by atoms with E-state index in [2.05, 4.69) is 20.4 Å². The number of hydrogen-bond donors (Lipinski definition) is 1. The molecule has 1 aromatic carbocycles. The Morgan fingerprint density at radius 1 is 1.18 bits per heavy atom. The Kier molecular flexibility index (Phi) is 6.40. The van der Waals surface area contributed by atoms with E-state index in [1.54, 1.807) is 0 Å². The second-order valence-corrected chi connectivity index (χ2v) is 4.97. The minimum Gasteiger partial charge on any atom is -0.488 e. The molecule has 1 rings (SSSR count). The molecular weight excluding hydrogens is 210 g/mol. The van der Waals surface area contributed by atoms with Gasteiger partial charge in [0.1, 0.15) is 11.4 Å². The molecule has 0 radical (unpaired) electrons. The molecule has 0 saturated carbocycles. The quantitative estimate of drug-likeness (QED) is 0.606. The van der Waals surface area contributed by atoms with Crippen molar-refractivity contribution in [1.82, 2.24) is 0 Å². The second kappa shape index (κ2) is 7.00. The highest BCUT2D eigenvalue weighted by Gasteiger charge is 2.13. The largest absolute Gasteiger partial charge is 0.488 e. The molecule has 0 atom stereocenters. The predicted molar refractivity (Wildman–Crippen MR) is 76.7 cm³/mol. The van der Waals surface area contributed by atoms with E-state index in [1.807, 2.05) is 45.0 Å². The van der Waals surface area contributed by atoms with Gasteiger partial charge >= 0.3 is 0 Å². The van der Waals surface area contributed by atoms with Gasteiger partial charge in [-0.25, -0.2) is 0 Å². The molecule has 0 unspecified atom stereocenters. The zero-order valence-corrected chi connectivity index (χ0v) is 11.7. The van der Waals surface area contributed by atoms with Crippen LogP contribution < -0.4 is 5.73 Å². The zero-order valence-electron chi connectivity index (χ0n) is 11.7. The molecule has 0 fully saturated rings. The third-order valence-corrected chi connectivity index (χ3v) is 1.66. The molecule has 0 heterocycles. The van der Waals surface area contributed by atoms with Gasteiger partial charge in [-0.15, -0.1) is 0 Å². The van der Waals surface area contributed by atoms with E-state index < -0.39 is 0 Å². The summed E-state index contributed by atoms with van der Waals surface area (Å²) >= 11 is 0. The van der Waals surface area contributed by atoms with Gasteiger partial charge in [0.2, 0.25) is 0 Å². The highest BCUT2D eigenvalue weighted by Crippen LogP contribution is 2.21. The first-order valence-electron chi connectivity index (χ1n) is 6.04. The molecule has 0 amide bonds. The maximum Gasteiger partial charge on any atom is 0.120 e. The van der Waals surface area contributed by atoms with Crippen molar-refractivity contribution >= 4 is 11.4 Å². The Bertz CT molecular complexity index is 333. The van der Waals surface area contributed by atoms with Crippen LogP contribution in [0.4, 0.5) is 5.69 Å². The summed E-state index contributed by atoms with van der Waals surface area (Å²) in [4.78, 5) is 0. The van der Waals surface area contributed by atoms with Gasteiger partial charge in [0.05, 0.1) is 0 Å². The fourth-order valence-corrected chi connectivity index (χ4v) is 1.10. The topological polar surface area (TPSA) is 35.2 Å². The van der Waals surface area contributed by atoms with E-state index in [1.165, 1.54) is 6.42 Å². The van der Waals surface area contributed by atoms with Gasteiger partial charge in [0, 0.05) is 11.3 Å². The van der Waals surface area contributed by atoms with Gasteiger partial charge in [-0.1, -0.05) is 26.8 Å². The highest BCUT2D eigenvalue weighted by atomic mass is 16.5. The van der Waals surface area contributed by atoms with Gasteiger partial charge in [-0.3, -0.25) is 0 Å². The van der Waals surface area contributed by atoms with Crippen LogP contribution in [0.3, 0.4) is 0 Å². The van der Waals surface area contributed by atoms with Crippen molar-refractivity contribution in [3.05, 3.63) is 36.4 Å². The number of nitrogens with two attached hydrogens (primary N) is 1. The fraction of sp³-hybridized carbons (Fsp3) is 0.467. The van der Waals surface area contributed by atoms with Crippen LogP contribution in [-0.2, 0) is 4.74 Å². The monoisotopic (exact) mass is 235 g/mol. The number of rotatable bonds is 2. The molecule has 2 nitrogen and oxygen atoms in total. The van der Waals surface area contributed by atoms with Crippen molar-refractivity contribution in [3.63, 3.8) is 0 Å². The third-order valence-electron chi connectivity index (χ3n) is 1.66. The van der Waals surface area contributed by atoms with Crippen LogP contribution in [0.5, 0.6) is 0 Å². The average molecular weight is 235 g/mol. The van der Waals surface area contributed by atoms with Crippen molar-refractivity contribution in [3.8, 4) is 0 Å². The van der Waals surface area contributed by atoms with Gasteiger partial charge in [0.15, 0.2) is 0 Å². The summed E-state index contributed by atoms with van der Waals surface area (Å²) in [5, 5.41) is 0. The number of hydrogen-bond acceptors (Lipinski definition) is 2. The Morgan fingerprint density at radius 3 is 1.94 bits per heavy atom. The molecule has 1 aromatic rings. The fourth-order valence-electron chi connectivity index (χ4n) is 1.10. The van der Waals surface area contributed by atoms with Crippen LogP contribution in [0.2, 0.25) is 0 Å². The van der Waals surface area contributed by atoms with Crippen molar-refractivity contribution < 1.29 is 4.74 Å². The third kappa shape index (κ3) is 7.45. The summed E-state index contributed by atoms with van der Waals surface area (Å²) < 4.78 is 5.63. The number of anilines is 1. The molecule has 17 heavy (non-hydrogen) atoms. The molecule has 0 aromatic heterocycles. The van der Waals surface area contributed by atoms with E-state index in [0.29, 0.717) is 5.76 Å². The van der Waals surface area contributed by atoms with Gasteiger partial charge in [0.25, 0.3) is 0 Å². The summed E-state index contributed by atoms with van der Waals surface area (Å²) in [6.45, 7) is 14.1. The van der Waals surface area contributed by atoms with Gasteiger partial charge < -0.3 is 10.5 Å². The molecule has 2 N–H and O–H groups in total. The Morgan fingerprint density at radius 2 is 1.59 bits per heavy atom. The Labute approximate surface area is 105 Å². The van der Waals surface area contributed by atoms with Crippen LogP contribution in [0.1, 0.15) is 46.6 Å².